The zero-order valence-corrected chi connectivity index (χ0v) is 14.9. The molecule has 2 aromatic heterocycles. The zero-order valence-electron chi connectivity index (χ0n) is 14.9. The van der Waals surface area contributed by atoms with E-state index in [0.29, 0.717) is 11.6 Å². The highest BCUT2D eigenvalue weighted by Crippen LogP contribution is 2.35. The maximum atomic E-state index is 6.01. The molecule has 0 atom stereocenters. The van der Waals surface area contributed by atoms with Gasteiger partial charge < -0.3 is 4.42 Å². The van der Waals surface area contributed by atoms with Gasteiger partial charge in [0.25, 0.3) is 0 Å². The Bertz CT molecular complexity index is 1260. The lowest BCUT2D eigenvalue weighted by Gasteiger charge is -2.07. The van der Waals surface area contributed by atoms with Gasteiger partial charge in [0.1, 0.15) is 17.0 Å². The smallest absolute Gasteiger partial charge is 0.164 e. The lowest BCUT2D eigenvalue weighted by Crippen LogP contribution is -2.02. The molecular weight excluding hydrogens is 334 g/mol. The number of benzene rings is 3. The zero-order chi connectivity index (χ0) is 18.2. The van der Waals surface area contributed by atoms with E-state index < -0.39 is 0 Å². The normalized spacial score (nSPS) is 11.3. The number of aromatic nitrogens is 3. The monoisotopic (exact) mass is 351 g/mol. The topological polar surface area (TPSA) is 51.8 Å². The highest BCUT2D eigenvalue weighted by atomic mass is 16.3. The molecule has 0 aliphatic rings. The predicted octanol–water partition coefficient (Wildman–Crippen LogP) is 5.67. The van der Waals surface area contributed by atoms with Crippen LogP contribution in [0.4, 0.5) is 0 Å². The first-order chi connectivity index (χ1) is 13.3. The molecule has 27 heavy (non-hydrogen) atoms. The summed E-state index contributed by atoms with van der Waals surface area (Å²) in [6.45, 7) is 2.06. The lowest BCUT2D eigenvalue weighted by atomic mass is 10.1. The van der Waals surface area contributed by atoms with Crippen molar-refractivity contribution in [3.8, 4) is 22.8 Å². The number of hydrogen-bond acceptors (Lipinski definition) is 4. The van der Waals surface area contributed by atoms with Gasteiger partial charge in [0.15, 0.2) is 11.6 Å². The van der Waals surface area contributed by atoms with Crippen molar-refractivity contribution in [2.24, 2.45) is 0 Å². The SMILES string of the molecule is CCc1nc(-c2ccccc2)nc(-c2cccc3oc4ccccc4c23)n1. The highest BCUT2D eigenvalue weighted by molar-refractivity contribution is 6.11. The van der Waals surface area contributed by atoms with E-state index in [9.17, 15) is 0 Å². The second kappa shape index (κ2) is 6.32. The van der Waals surface area contributed by atoms with Gasteiger partial charge >= 0.3 is 0 Å². The molecule has 0 saturated carbocycles. The van der Waals surface area contributed by atoms with Crippen LogP contribution >= 0.6 is 0 Å². The molecule has 0 N–H and O–H groups in total. The summed E-state index contributed by atoms with van der Waals surface area (Å²) in [5.41, 5.74) is 3.66. The second-order valence-electron chi connectivity index (χ2n) is 6.40. The van der Waals surface area contributed by atoms with Gasteiger partial charge in [0.05, 0.1) is 0 Å². The number of nitrogens with zero attached hydrogens (tertiary/aromatic N) is 3. The average molecular weight is 351 g/mol. The Labute approximate surface area is 156 Å². The van der Waals surface area contributed by atoms with Crippen molar-refractivity contribution in [2.45, 2.75) is 13.3 Å². The van der Waals surface area contributed by atoms with E-state index in [1.54, 1.807) is 0 Å². The molecule has 3 aromatic carbocycles. The van der Waals surface area contributed by atoms with Crippen molar-refractivity contribution >= 4 is 21.9 Å². The molecule has 130 valence electrons. The molecule has 0 unspecified atom stereocenters. The summed E-state index contributed by atoms with van der Waals surface area (Å²) >= 11 is 0. The maximum Gasteiger partial charge on any atom is 0.164 e. The minimum Gasteiger partial charge on any atom is -0.456 e. The van der Waals surface area contributed by atoms with E-state index in [4.69, 9.17) is 14.4 Å². The van der Waals surface area contributed by atoms with E-state index in [-0.39, 0.29) is 0 Å². The summed E-state index contributed by atoms with van der Waals surface area (Å²) in [5.74, 6) is 2.16. The van der Waals surface area contributed by atoms with E-state index in [2.05, 4.69) is 18.0 Å². The van der Waals surface area contributed by atoms with Crippen molar-refractivity contribution in [1.29, 1.82) is 0 Å². The van der Waals surface area contributed by atoms with Crippen LogP contribution in [0.15, 0.2) is 77.2 Å². The summed E-state index contributed by atoms with van der Waals surface area (Å²) in [4.78, 5) is 14.1. The molecule has 2 heterocycles. The van der Waals surface area contributed by atoms with Crippen molar-refractivity contribution in [3.05, 3.63) is 78.6 Å². The van der Waals surface area contributed by atoms with Crippen molar-refractivity contribution < 1.29 is 4.42 Å². The number of furan rings is 1. The Morgan fingerprint density at radius 3 is 2.30 bits per heavy atom. The fraction of sp³-hybridized carbons (Fsp3) is 0.0870. The Hall–Kier alpha value is -3.53. The molecule has 0 aliphatic heterocycles. The Morgan fingerprint density at radius 1 is 0.704 bits per heavy atom. The lowest BCUT2D eigenvalue weighted by molar-refractivity contribution is 0.669. The number of fused-ring (bicyclic) bond motifs is 3. The molecule has 0 spiro atoms. The average Bonchev–Trinajstić information content (AvgIpc) is 3.13. The fourth-order valence-corrected chi connectivity index (χ4v) is 3.38. The largest absolute Gasteiger partial charge is 0.456 e. The number of aryl methyl sites for hydroxylation is 1. The van der Waals surface area contributed by atoms with Gasteiger partial charge in [-0.05, 0) is 12.1 Å². The quantitative estimate of drug-likeness (QED) is 0.420. The molecule has 0 fully saturated rings. The van der Waals surface area contributed by atoms with Gasteiger partial charge in [-0.15, -0.1) is 0 Å². The summed E-state index contributed by atoms with van der Waals surface area (Å²) < 4.78 is 6.01. The molecular formula is C23H17N3O. The van der Waals surface area contributed by atoms with Gasteiger partial charge in [-0.1, -0.05) is 67.6 Å². The van der Waals surface area contributed by atoms with Crippen LogP contribution in [-0.2, 0) is 6.42 Å². The van der Waals surface area contributed by atoms with Gasteiger partial charge in [-0.25, -0.2) is 15.0 Å². The first-order valence-corrected chi connectivity index (χ1v) is 9.04. The highest BCUT2D eigenvalue weighted by Gasteiger charge is 2.16. The third-order valence-corrected chi connectivity index (χ3v) is 4.67. The van der Waals surface area contributed by atoms with Crippen LogP contribution in [0, 0.1) is 0 Å². The Kier molecular flexibility index (Phi) is 3.68. The van der Waals surface area contributed by atoms with Crippen molar-refractivity contribution in [1.82, 2.24) is 15.0 Å². The van der Waals surface area contributed by atoms with Crippen LogP contribution in [0.25, 0.3) is 44.7 Å². The number of hydrogen-bond donors (Lipinski definition) is 0. The standard InChI is InChI=1S/C23H17N3O/c1-2-20-24-22(15-9-4-3-5-10-15)26-23(25-20)17-12-8-14-19-21(17)16-11-6-7-13-18(16)27-19/h3-14H,2H2,1H3. The third-order valence-electron chi connectivity index (χ3n) is 4.67. The molecule has 5 rings (SSSR count). The predicted molar refractivity (Wildman–Crippen MR) is 107 cm³/mol. The Balaban J connectivity index is 1.80. The molecule has 4 nitrogen and oxygen atoms in total. The van der Waals surface area contributed by atoms with Crippen molar-refractivity contribution in [3.63, 3.8) is 0 Å². The van der Waals surface area contributed by atoms with E-state index >= 15 is 0 Å². The molecule has 0 saturated heterocycles. The molecule has 4 heteroatoms. The first kappa shape index (κ1) is 15.7. The van der Waals surface area contributed by atoms with Crippen LogP contribution in [0.2, 0.25) is 0 Å². The summed E-state index contributed by atoms with van der Waals surface area (Å²) in [7, 11) is 0. The van der Waals surface area contributed by atoms with Crippen LogP contribution in [0.3, 0.4) is 0 Å². The third kappa shape index (κ3) is 2.66. The summed E-state index contributed by atoms with van der Waals surface area (Å²) in [5, 5.41) is 2.11. The van der Waals surface area contributed by atoms with Crippen LogP contribution in [0.1, 0.15) is 12.7 Å². The molecule has 0 aliphatic carbocycles. The fourth-order valence-electron chi connectivity index (χ4n) is 3.38. The minimum absolute atomic E-state index is 0.679. The second-order valence-corrected chi connectivity index (χ2v) is 6.40. The molecule has 5 aromatic rings. The maximum absolute atomic E-state index is 6.01. The summed E-state index contributed by atoms with van der Waals surface area (Å²) in [6, 6.07) is 24.1. The van der Waals surface area contributed by atoms with E-state index in [0.717, 1.165) is 45.3 Å². The van der Waals surface area contributed by atoms with Crippen LogP contribution in [-0.4, -0.2) is 15.0 Å². The number of para-hydroxylation sites is 1. The van der Waals surface area contributed by atoms with Gasteiger partial charge in [-0.3, -0.25) is 0 Å². The van der Waals surface area contributed by atoms with Crippen LogP contribution in [0.5, 0.6) is 0 Å². The van der Waals surface area contributed by atoms with Gasteiger partial charge in [-0.2, -0.15) is 0 Å². The van der Waals surface area contributed by atoms with Gasteiger partial charge in [0.2, 0.25) is 0 Å². The van der Waals surface area contributed by atoms with E-state index in [1.165, 1.54) is 0 Å². The first-order valence-electron chi connectivity index (χ1n) is 9.04. The van der Waals surface area contributed by atoms with E-state index in [1.807, 2.05) is 66.7 Å². The number of rotatable bonds is 3. The molecule has 0 radical (unpaired) electrons. The molecule has 0 bridgehead atoms. The summed E-state index contributed by atoms with van der Waals surface area (Å²) in [6.07, 6.45) is 0.747. The van der Waals surface area contributed by atoms with Crippen LogP contribution < -0.4 is 0 Å². The van der Waals surface area contributed by atoms with Gasteiger partial charge in [0, 0.05) is 28.3 Å². The molecule has 0 amide bonds. The minimum atomic E-state index is 0.679. The van der Waals surface area contributed by atoms with Crippen molar-refractivity contribution in [2.75, 3.05) is 0 Å². The Morgan fingerprint density at radius 2 is 1.44 bits per heavy atom.